The zero-order valence-corrected chi connectivity index (χ0v) is 16.7. The smallest absolute Gasteiger partial charge is 0.282 e. The third kappa shape index (κ3) is 4.00. The van der Waals surface area contributed by atoms with Crippen LogP contribution in [0.2, 0.25) is 0 Å². The highest BCUT2D eigenvalue weighted by Crippen LogP contribution is 2.30. The first kappa shape index (κ1) is 19.8. The number of quaternary nitrogens is 1. The molecule has 1 aromatic heterocycles. The normalized spacial score (nSPS) is 20.6. The minimum atomic E-state index is -1.59. The number of halogens is 3. The fourth-order valence-corrected chi connectivity index (χ4v) is 4.92. The number of fused-ring (bicyclic) bond motifs is 1. The summed E-state index contributed by atoms with van der Waals surface area (Å²) in [4.78, 5) is 18.4. The van der Waals surface area contributed by atoms with Gasteiger partial charge < -0.3 is 10.2 Å². The van der Waals surface area contributed by atoms with Crippen LogP contribution in [-0.2, 0) is 4.79 Å². The molecule has 4 rings (SSSR count). The lowest BCUT2D eigenvalue weighted by Gasteiger charge is -2.32. The highest BCUT2D eigenvalue weighted by atomic mass is 32.1. The molecule has 2 N–H and O–H groups in total. The van der Waals surface area contributed by atoms with Crippen LogP contribution in [0.25, 0.3) is 10.2 Å². The summed E-state index contributed by atoms with van der Waals surface area (Å²) in [6.45, 7) is 3.33. The van der Waals surface area contributed by atoms with Crippen LogP contribution in [0.3, 0.4) is 0 Å². The molecule has 0 saturated carbocycles. The number of rotatable bonds is 4. The van der Waals surface area contributed by atoms with Crippen molar-refractivity contribution in [1.82, 2.24) is 4.98 Å². The second-order valence-electron chi connectivity index (χ2n) is 7.41. The van der Waals surface area contributed by atoms with Crippen LogP contribution in [0.15, 0.2) is 36.4 Å². The lowest BCUT2D eigenvalue weighted by molar-refractivity contribution is -0.920. The number of nitrogens with one attached hydrogen (secondary N) is 2. The molecule has 1 aliphatic heterocycles. The highest BCUT2D eigenvalue weighted by Gasteiger charge is 2.33. The Morgan fingerprint density at radius 2 is 2.00 bits per heavy atom. The van der Waals surface area contributed by atoms with Crippen LogP contribution in [0.1, 0.15) is 30.7 Å². The topological polar surface area (TPSA) is 46.4 Å². The molecule has 2 heterocycles. The lowest BCUT2D eigenvalue weighted by atomic mass is 9.97. The molecule has 8 heteroatoms. The molecule has 3 aromatic rings. The first-order chi connectivity index (χ1) is 13.9. The summed E-state index contributed by atoms with van der Waals surface area (Å²) in [6.07, 6.45) is 1.96. The maximum Gasteiger partial charge on any atom is 0.282 e. The fourth-order valence-electron chi connectivity index (χ4n) is 3.81. The van der Waals surface area contributed by atoms with Crippen LogP contribution >= 0.6 is 11.3 Å². The van der Waals surface area contributed by atoms with Crippen LogP contribution < -0.4 is 10.2 Å². The second-order valence-corrected chi connectivity index (χ2v) is 8.47. The third-order valence-electron chi connectivity index (χ3n) is 5.52. The van der Waals surface area contributed by atoms with E-state index in [0.29, 0.717) is 0 Å². The predicted molar refractivity (Wildman–Crippen MR) is 107 cm³/mol. The van der Waals surface area contributed by atoms with E-state index >= 15 is 0 Å². The van der Waals surface area contributed by atoms with Gasteiger partial charge in [-0.15, -0.1) is 11.3 Å². The minimum Gasteiger partial charge on any atom is -0.324 e. The molecule has 152 valence electrons. The molecule has 1 fully saturated rings. The van der Waals surface area contributed by atoms with E-state index < -0.39 is 29.4 Å². The maximum atomic E-state index is 13.9. The van der Waals surface area contributed by atoms with Gasteiger partial charge in [-0.05, 0) is 44.0 Å². The van der Waals surface area contributed by atoms with Gasteiger partial charge in [0, 0.05) is 0 Å². The van der Waals surface area contributed by atoms with E-state index in [0.717, 1.165) is 58.2 Å². The van der Waals surface area contributed by atoms with Crippen molar-refractivity contribution in [2.75, 3.05) is 18.4 Å². The molecule has 1 unspecified atom stereocenters. The molecule has 4 nitrogen and oxygen atoms in total. The molecule has 1 saturated heterocycles. The lowest BCUT2D eigenvalue weighted by Crippen LogP contribution is -3.17. The molecule has 0 aliphatic carbocycles. The molecular weight excluding hydrogens is 399 g/mol. The minimum absolute atomic E-state index is 0.256. The van der Waals surface area contributed by atoms with E-state index in [9.17, 15) is 18.0 Å². The molecule has 1 amide bonds. The van der Waals surface area contributed by atoms with Gasteiger partial charge >= 0.3 is 0 Å². The molecule has 29 heavy (non-hydrogen) atoms. The largest absolute Gasteiger partial charge is 0.324 e. The number of piperidine rings is 1. The fraction of sp³-hybridized carbons (Fsp3) is 0.333. The molecule has 2 aromatic carbocycles. The van der Waals surface area contributed by atoms with Gasteiger partial charge in [-0.25, -0.2) is 18.2 Å². The van der Waals surface area contributed by atoms with Crippen molar-refractivity contribution in [2.24, 2.45) is 0 Å². The van der Waals surface area contributed by atoms with E-state index in [1.807, 2.05) is 18.2 Å². The van der Waals surface area contributed by atoms with Gasteiger partial charge in [0.05, 0.1) is 34.9 Å². The van der Waals surface area contributed by atoms with E-state index in [-0.39, 0.29) is 11.6 Å². The molecule has 3 atom stereocenters. The zero-order valence-electron chi connectivity index (χ0n) is 15.8. The monoisotopic (exact) mass is 420 g/mol. The first-order valence-electron chi connectivity index (χ1n) is 9.58. The summed E-state index contributed by atoms with van der Waals surface area (Å²) >= 11 is 1.68. The summed E-state index contributed by atoms with van der Waals surface area (Å²) in [5.74, 6) is -4.42. The molecular formula is C21H21F3N3OS+. The molecule has 0 radical (unpaired) electrons. The molecule has 0 spiro atoms. The maximum absolute atomic E-state index is 13.9. The van der Waals surface area contributed by atoms with Crippen LogP contribution in [-0.4, -0.2) is 30.0 Å². The number of para-hydroxylation sites is 1. The Hall–Kier alpha value is -2.45. The van der Waals surface area contributed by atoms with Gasteiger partial charge in [0.15, 0.2) is 23.5 Å². The van der Waals surface area contributed by atoms with Gasteiger partial charge in [0.25, 0.3) is 5.91 Å². The summed E-state index contributed by atoms with van der Waals surface area (Å²) in [5.41, 5.74) is 0.638. The van der Waals surface area contributed by atoms with Gasteiger partial charge in [0.2, 0.25) is 0 Å². The third-order valence-corrected chi connectivity index (χ3v) is 6.72. The summed E-state index contributed by atoms with van der Waals surface area (Å²) in [5, 5.41) is 3.47. The van der Waals surface area contributed by atoms with E-state index in [4.69, 9.17) is 4.98 Å². The Balaban J connectivity index is 1.46. The Bertz CT molecular complexity index is 1020. The Morgan fingerprint density at radius 1 is 1.21 bits per heavy atom. The van der Waals surface area contributed by atoms with Crippen molar-refractivity contribution in [1.29, 1.82) is 0 Å². The van der Waals surface area contributed by atoms with Crippen LogP contribution in [0, 0.1) is 17.5 Å². The number of carbonyl (C=O) groups is 1. The van der Waals surface area contributed by atoms with Crippen molar-refractivity contribution in [3.63, 3.8) is 0 Å². The van der Waals surface area contributed by atoms with E-state index in [2.05, 4.69) is 11.4 Å². The van der Waals surface area contributed by atoms with Gasteiger partial charge in [0.1, 0.15) is 5.01 Å². The number of aromatic nitrogens is 1. The van der Waals surface area contributed by atoms with Crippen molar-refractivity contribution < 1.29 is 22.9 Å². The Morgan fingerprint density at radius 3 is 2.79 bits per heavy atom. The number of nitrogens with zero attached hydrogens (tertiary/aromatic N) is 1. The number of hydrogen-bond acceptors (Lipinski definition) is 3. The standard InChI is InChI=1S/C21H20F3N3OS/c1-12(20(28)25-16-9-8-14(22)18(23)19(16)24)27-10-4-5-13(11-27)21-26-15-6-2-3-7-17(15)29-21/h2-3,6-9,12-13H,4-5,10-11H2,1H3,(H,25,28)/p+1/t12-,13-/m0/s1. The number of benzene rings is 2. The van der Waals surface area contributed by atoms with Crippen LogP contribution in [0.5, 0.6) is 0 Å². The van der Waals surface area contributed by atoms with E-state index in [1.54, 1.807) is 18.3 Å². The number of likely N-dealkylation sites (tertiary alicyclic amines) is 1. The average Bonchev–Trinajstić information content (AvgIpc) is 3.18. The predicted octanol–water partition coefficient (Wildman–Crippen LogP) is 3.50. The number of hydrogen-bond donors (Lipinski definition) is 2. The van der Waals surface area contributed by atoms with Crippen LogP contribution in [0.4, 0.5) is 18.9 Å². The Labute approximate surface area is 170 Å². The quantitative estimate of drug-likeness (QED) is 0.635. The molecule has 0 bridgehead atoms. The summed E-state index contributed by atoms with van der Waals surface area (Å²) in [7, 11) is 0. The van der Waals surface area contributed by atoms with Crippen molar-refractivity contribution in [2.45, 2.75) is 31.7 Å². The summed E-state index contributed by atoms with van der Waals surface area (Å²) in [6, 6.07) is 9.38. The van der Waals surface area contributed by atoms with Crippen molar-refractivity contribution in [3.8, 4) is 0 Å². The first-order valence-corrected chi connectivity index (χ1v) is 10.4. The summed E-state index contributed by atoms with van der Waals surface area (Å²) < 4.78 is 41.5. The van der Waals surface area contributed by atoms with E-state index in [1.165, 1.54) is 0 Å². The Kier molecular flexibility index (Phi) is 5.56. The van der Waals surface area contributed by atoms with Gasteiger partial charge in [-0.2, -0.15) is 0 Å². The van der Waals surface area contributed by atoms with Gasteiger partial charge in [-0.3, -0.25) is 4.79 Å². The highest BCUT2D eigenvalue weighted by molar-refractivity contribution is 7.18. The number of thiazole rings is 1. The second kappa shape index (κ2) is 8.12. The van der Waals surface area contributed by atoms with Crippen molar-refractivity contribution >= 4 is 33.1 Å². The zero-order chi connectivity index (χ0) is 20.5. The van der Waals surface area contributed by atoms with Crippen molar-refractivity contribution in [3.05, 3.63) is 58.9 Å². The average molecular weight is 420 g/mol. The van der Waals surface area contributed by atoms with Gasteiger partial charge in [-0.1, -0.05) is 12.1 Å². The number of anilines is 1. The number of amides is 1. The molecule has 1 aliphatic rings. The SMILES string of the molecule is C[C@@H](C(=O)Nc1ccc(F)c(F)c1F)[NH+]1CCC[C@H](c2nc3ccccc3s2)C1. The number of carbonyl (C=O) groups excluding carboxylic acids is 1.